The number of halogens is 2. The van der Waals surface area contributed by atoms with Gasteiger partial charge in [-0.15, -0.1) is 0 Å². The normalized spacial score (nSPS) is 11.9. The highest BCUT2D eigenvalue weighted by Crippen LogP contribution is 2.27. The van der Waals surface area contributed by atoms with Crippen LogP contribution >= 0.6 is 23.2 Å². The molecule has 1 aromatic heterocycles. The first-order chi connectivity index (χ1) is 8.95. The number of oxime groups is 1. The molecule has 0 saturated heterocycles. The third-order valence-corrected chi connectivity index (χ3v) is 3.63. The van der Waals surface area contributed by atoms with Gasteiger partial charge in [0.25, 0.3) is 0 Å². The van der Waals surface area contributed by atoms with Gasteiger partial charge in [-0.25, -0.2) is 4.68 Å². The van der Waals surface area contributed by atoms with Crippen LogP contribution in [-0.4, -0.2) is 20.8 Å². The highest BCUT2D eigenvalue weighted by molar-refractivity contribution is 6.33. The van der Waals surface area contributed by atoms with E-state index in [2.05, 4.69) is 10.3 Å². The quantitative estimate of drug-likeness (QED) is 0.387. The van der Waals surface area contributed by atoms with Crippen molar-refractivity contribution in [3.63, 3.8) is 0 Å². The number of nitrogens with two attached hydrogens (primary N) is 1. The summed E-state index contributed by atoms with van der Waals surface area (Å²) in [5.41, 5.74) is 8.26. The average molecular weight is 299 g/mol. The maximum atomic E-state index is 8.63. The van der Waals surface area contributed by atoms with Crippen molar-refractivity contribution in [3.05, 3.63) is 45.2 Å². The summed E-state index contributed by atoms with van der Waals surface area (Å²) in [7, 11) is 0. The average Bonchev–Trinajstić information content (AvgIpc) is 2.65. The van der Waals surface area contributed by atoms with Crippen LogP contribution in [0.5, 0.6) is 0 Å². The van der Waals surface area contributed by atoms with Crippen LogP contribution in [0.3, 0.4) is 0 Å². The Kier molecular flexibility index (Phi) is 3.68. The van der Waals surface area contributed by atoms with Crippen LogP contribution < -0.4 is 5.73 Å². The molecule has 0 spiro atoms. The van der Waals surface area contributed by atoms with E-state index in [1.54, 1.807) is 22.9 Å². The van der Waals surface area contributed by atoms with Crippen molar-refractivity contribution in [3.8, 4) is 5.69 Å². The van der Waals surface area contributed by atoms with E-state index in [9.17, 15) is 0 Å². The van der Waals surface area contributed by atoms with Crippen molar-refractivity contribution in [2.24, 2.45) is 10.9 Å². The molecule has 0 unspecified atom stereocenters. The lowest BCUT2D eigenvalue weighted by Gasteiger charge is -2.08. The molecule has 0 amide bonds. The number of nitrogens with zero attached hydrogens (tertiary/aromatic N) is 3. The molecular formula is C12H12Cl2N4O. The molecule has 0 aliphatic heterocycles. The van der Waals surface area contributed by atoms with Gasteiger partial charge in [0.1, 0.15) is 0 Å². The first-order valence-electron chi connectivity index (χ1n) is 5.45. The molecular weight excluding hydrogens is 287 g/mol. The second-order valence-corrected chi connectivity index (χ2v) is 4.83. The smallest absolute Gasteiger partial charge is 0.170 e. The maximum Gasteiger partial charge on any atom is 0.170 e. The molecule has 1 heterocycles. The lowest BCUT2D eigenvalue weighted by molar-refractivity contribution is 0.318. The van der Waals surface area contributed by atoms with Gasteiger partial charge in [0.2, 0.25) is 0 Å². The SMILES string of the molecule is Cc1nn(-c2ccc(C(N)=NO)cc2Cl)c(C)c1Cl. The van der Waals surface area contributed by atoms with Crippen molar-refractivity contribution in [2.45, 2.75) is 13.8 Å². The van der Waals surface area contributed by atoms with Crippen LogP contribution in [0.4, 0.5) is 0 Å². The number of aromatic nitrogens is 2. The number of benzene rings is 1. The number of hydrogen-bond donors (Lipinski definition) is 2. The van der Waals surface area contributed by atoms with Crippen molar-refractivity contribution < 1.29 is 5.21 Å². The Bertz CT molecular complexity index is 664. The largest absolute Gasteiger partial charge is 0.409 e. The van der Waals surface area contributed by atoms with Crippen LogP contribution in [0, 0.1) is 13.8 Å². The van der Waals surface area contributed by atoms with E-state index in [-0.39, 0.29) is 5.84 Å². The van der Waals surface area contributed by atoms with Gasteiger partial charge in [-0.2, -0.15) is 5.10 Å². The zero-order valence-electron chi connectivity index (χ0n) is 10.4. The monoisotopic (exact) mass is 298 g/mol. The summed E-state index contributed by atoms with van der Waals surface area (Å²) in [5.74, 6) is -0.000139. The van der Waals surface area contributed by atoms with Gasteiger partial charge >= 0.3 is 0 Å². The summed E-state index contributed by atoms with van der Waals surface area (Å²) >= 11 is 12.3. The number of amidine groups is 1. The molecule has 19 heavy (non-hydrogen) atoms. The molecule has 0 fully saturated rings. The Morgan fingerprint density at radius 1 is 1.37 bits per heavy atom. The van der Waals surface area contributed by atoms with Crippen LogP contribution in [-0.2, 0) is 0 Å². The molecule has 3 N–H and O–H groups in total. The fraction of sp³-hybridized carbons (Fsp3) is 0.167. The van der Waals surface area contributed by atoms with Gasteiger partial charge in [-0.05, 0) is 32.0 Å². The third kappa shape index (κ3) is 2.39. The molecule has 2 rings (SSSR count). The number of aryl methyl sites for hydroxylation is 1. The highest BCUT2D eigenvalue weighted by atomic mass is 35.5. The minimum Gasteiger partial charge on any atom is -0.409 e. The summed E-state index contributed by atoms with van der Waals surface area (Å²) < 4.78 is 1.66. The van der Waals surface area contributed by atoms with Crippen molar-refractivity contribution in [2.75, 3.05) is 0 Å². The highest BCUT2D eigenvalue weighted by Gasteiger charge is 2.14. The topological polar surface area (TPSA) is 76.4 Å². The Hall–Kier alpha value is -1.72. The number of hydrogen-bond acceptors (Lipinski definition) is 3. The standard InChI is InChI=1S/C12H12Cl2N4O/c1-6-11(14)7(2)18(16-6)10-4-3-8(5-9(10)13)12(15)17-19/h3-5,19H,1-2H3,(H2,15,17). The zero-order chi connectivity index (χ0) is 14.2. The molecule has 0 aliphatic rings. The molecule has 0 saturated carbocycles. The molecule has 0 aliphatic carbocycles. The van der Waals surface area contributed by atoms with Gasteiger partial charge in [-0.3, -0.25) is 0 Å². The molecule has 5 nitrogen and oxygen atoms in total. The van der Waals surface area contributed by atoms with E-state index in [0.717, 1.165) is 11.4 Å². The van der Waals surface area contributed by atoms with Crippen LogP contribution in [0.1, 0.15) is 17.0 Å². The van der Waals surface area contributed by atoms with Crippen LogP contribution in [0.25, 0.3) is 5.69 Å². The summed E-state index contributed by atoms with van der Waals surface area (Å²) in [6.45, 7) is 3.68. The predicted octanol–water partition coefficient (Wildman–Crippen LogP) is 2.89. The first-order valence-corrected chi connectivity index (χ1v) is 6.21. The van der Waals surface area contributed by atoms with E-state index in [1.165, 1.54) is 0 Å². The molecule has 1 aromatic carbocycles. The Morgan fingerprint density at radius 3 is 2.53 bits per heavy atom. The minimum atomic E-state index is -0.000139. The summed E-state index contributed by atoms with van der Waals surface area (Å²) in [6, 6.07) is 5.04. The Morgan fingerprint density at radius 2 is 2.05 bits per heavy atom. The fourth-order valence-electron chi connectivity index (χ4n) is 1.75. The molecule has 0 radical (unpaired) electrons. The van der Waals surface area contributed by atoms with E-state index >= 15 is 0 Å². The van der Waals surface area contributed by atoms with Gasteiger partial charge in [0.15, 0.2) is 5.84 Å². The Labute approximate surface area is 120 Å². The summed E-state index contributed by atoms with van der Waals surface area (Å²) in [5, 5.41) is 16.9. The third-order valence-electron chi connectivity index (χ3n) is 2.78. The molecule has 7 heteroatoms. The zero-order valence-corrected chi connectivity index (χ0v) is 11.9. The van der Waals surface area contributed by atoms with Gasteiger partial charge < -0.3 is 10.9 Å². The number of rotatable bonds is 2. The van der Waals surface area contributed by atoms with E-state index in [1.807, 2.05) is 13.8 Å². The van der Waals surface area contributed by atoms with E-state index in [4.69, 9.17) is 34.1 Å². The second-order valence-electron chi connectivity index (χ2n) is 4.05. The molecule has 100 valence electrons. The minimum absolute atomic E-state index is 0.000139. The maximum absolute atomic E-state index is 8.63. The van der Waals surface area contributed by atoms with Crippen molar-refractivity contribution >= 4 is 29.0 Å². The lowest BCUT2D eigenvalue weighted by Crippen LogP contribution is -2.13. The van der Waals surface area contributed by atoms with E-state index in [0.29, 0.717) is 21.3 Å². The van der Waals surface area contributed by atoms with Crippen molar-refractivity contribution in [1.29, 1.82) is 0 Å². The Balaban J connectivity index is 2.55. The van der Waals surface area contributed by atoms with E-state index < -0.39 is 0 Å². The summed E-state index contributed by atoms with van der Waals surface area (Å²) in [4.78, 5) is 0. The van der Waals surface area contributed by atoms with Gasteiger partial charge in [-0.1, -0.05) is 28.4 Å². The van der Waals surface area contributed by atoms with Crippen molar-refractivity contribution in [1.82, 2.24) is 9.78 Å². The van der Waals surface area contributed by atoms with Gasteiger partial charge in [0.05, 0.1) is 27.1 Å². The second kappa shape index (κ2) is 5.11. The molecule has 0 atom stereocenters. The molecule has 2 aromatic rings. The fourth-order valence-corrected chi connectivity index (χ4v) is 2.13. The van der Waals surface area contributed by atoms with Crippen LogP contribution in [0.2, 0.25) is 10.0 Å². The summed E-state index contributed by atoms with van der Waals surface area (Å²) in [6.07, 6.45) is 0. The molecule has 0 bridgehead atoms. The van der Waals surface area contributed by atoms with Gasteiger partial charge in [0, 0.05) is 5.56 Å². The van der Waals surface area contributed by atoms with Crippen LogP contribution in [0.15, 0.2) is 23.4 Å². The lowest BCUT2D eigenvalue weighted by atomic mass is 10.2. The predicted molar refractivity (Wildman–Crippen MR) is 75.6 cm³/mol. The first kappa shape index (κ1) is 13.7.